The molecule has 1 aromatic heterocycles. The molecule has 98 valence electrons. The van der Waals surface area contributed by atoms with E-state index in [9.17, 15) is 9.59 Å². The minimum atomic E-state index is -0.325. The fraction of sp³-hybridized carbons (Fsp3) is 0.214. The Morgan fingerprint density at radius 1 is 1.37 bits per heavy atom. The normalized spacial score (nSPS) is 11.8. The summed E-state index contributed by atoms with van der Waals surface area (Å²) in [6.07, 6.45) is 2.40. The van der Waals surface area contributed by atoms with Gasteiger partial charge in [0.2, 0.25) is 0 Å². The first kappa shape index (κ1) is 13.0. The molecule has 1 unspecified atom stereocenters. The molecule has 0 saturated carbocycles. The number of nitrogens with one attached hydrogen (secondary N) is 2. The van der Waals surface area contributed by atoms with Gasteiger partial charge in [-0.15, -0.1) is 0 Å². The maximum Gasteiger partial charge on any atom is 0.271 e. The van der Waals surface area contributed by atoms with Crippen molar-refractivity contribution in [2.75, 3.05) is 6.54 Å². The summed E-state index contributed by atoms with van der Waals surface area (Å²) in [7, 11) is 0. The third-order valence-corrected chi connectivity index (χ3v) is 2.84. The van der Waals surface area contributed by atoms with Gasteiger partial charge in [0.05, 0.1) is 6.20 Å². The van der Waals surface area contributed by atoms with Gasteiger partial charge in [-0.05, 0) is 11.5 Å². The molecule has 0 aliphatic heterocycles. The van der Waals surface area contributed by atoms with Crippen molar-refractivity contribution in [2.24, 2.45) is 0 Å². The van der Waals surface area contributed by atoms with Crippen LogP contribution in [-0.2, 0) is 0 Å². The van der Waals surface area contributed by atoms with Crippen LogP contribution in [0.15, 0.2) is 47.5 Å². The fourth-order valence-corrected chi connectivity index (χ4v) is 1.70. The molecule has 0 fully saturated rings. The minimum absolute atomic E-state index is 0.208. The first-order chi connectivity index (χ1) is 9.16. The summed E-state index contributed by atoms with van der Waals surface area (Å²) < 4.78 is 0. The number of carbonyl (C=O) groups excluding carboxylic acids is 1. The fourth-order valence-electron chi connectivity index (χ4n) is 1.70. The highest BCUT2D eigenvalue weighted by atomic mass is 16.2. The predicted molar refractivity (Wildman–Crippen MR) is 72.0 cm³/mol. The van der Waals surface area contributed by atoms with Crippen molar-refractivity contribution < 1.29 is 4.79 Å². The van der Waals surface area contributed by atoms with Crippen molar-refractivity contribution in [3.63, 3.8) is 0 Å². The van der Waals surface area contributed by atoms with Crippen molar-refractivity contribution in [3.8, 4) is 0 Å². The number of benzene rings is 1. The minimum Gasteiger partial charge on any atom is -0.350 e. The molecule has 0 saturated heterocycles. The number of nitrogens with zero attached hydrogens (tertiary/aromatic N) is 1. The molecule has 1 atom stereocenters. The third-order valence-electron chi connectivity index (χ3n) is 2.84. The molecule has 2 aromatic rings. The van der Waals surface area contributed by atoms with Crippen molar-refractivity contribution in [1.82, 2.24) is 15.3 Å². The van der Waals surface area contributed by atoms with Crippen LogP contribution in [0.2, 0.25) is 0 Å². The lowest BCUT2D eigenvalue weighted by Gasteiger charge is -2.12. The Balaban J connectivity index is 1.94. The zero-order valence-corrected chi connectivity index (χ0v) is 10.6. The lowest BCUT2D eigenvalue weighted by molar-refractivity contribution is 0.0946. The second-order valence-electron chi connectivity index (χ2n) is 4.32. The van der Waals surface area contributed by atoms with E-state index in [0.717, 1.165) is 11.8 Å². The van der Waals surface area contributed by atoms with E-state index in [4.69, 9.17) is 0 Å². The number of rotatable bonds is 4. The number of hydrogen-bond acceptors (Lipinski definition) is 3. The van der Waals surface area contributed by atoms with Gasteiger partial charge < -0.3 is 10.3 Å². The largest absolute Gasteiger partial charge is 0.350 e. The first-order valence-electron chi connectivity index (χ1n) is 6.04. The van der Waals surface area contributed by atoms with E-state index in [1.165, 1.54) is 6.20 Å². The number of hydrogen-bond donors (Lipinski definition) is 2. The van der Waals surface area contributed by atoms with Crippen LogP contribution >= 0.6 is 0 Å². The molecule has 0 spiro atoms. The highest BCUT2D eigenvalue weighted by Crippen LogP contribution is 2.12. The van der Waals surface area contributed by atoms with Crippen LogP contribution in [-0.4, -0.2) is 22.4 Å². The number of H-pyrrole nitrogens is 1. The van der Waals surface area contributed by atoms with Crippen LogP contribution in [0.1, 0.15) is 28.9 Å². The van der Waals surface area contributed by atoms with E-state index in [1.54, 1.807) is 0 Å². The Bertz CT molecular complexity index is 587. The Morgan fingerprint density at radius 3 is 2.74 bits per heavy atom. The molecule has 5 nitrogen and oxygen atoms in total. The lowest BCUT2D eigenvalue weighted by atomic mass is 10.0. The summed E-state index contributed by atoms with van der Waals surface area (Å²) in [5.41, 5.74) is 1.05. The van der Waals surface area contributed by atoms with Crippen LogP contribution in [0.4, 0.5) is 0 Å². The summed E-state index contributed by atoms with van der Waals surface area (Å²) in [6, 6.07) is 9.94. The molecular weight excluding hydrogens is 242 g/mol. The average Bonchev–Trinajstić information content (AvgIpc) is 2.46. The SMILES string of the molecule is CC(CNC(=O)c1c[nH]c(=O)cn1)c1ccccc1. The molecule has 0 radical (unpaired) electrons. The summed E-state index contributed by atoms with van der Waals surface area (Å²) in [5, 5.41) is 2.79. The molecule has 0 aliphatic carbocycles. The maximum atomic E-state index is 11.8. The van der Waals surface area contributed by atoms with Gasteiger partial charge in [0.15, 0.2) is 0 Å². The van der Waals surface area contributed by atoms with Crippen LogP contribution < -0.4 is 10.9 Å². The van der Waals surface area contributed by atoms with Crippen LogP contribution in [0, 0.1) is 0 Å². The molecular formula is C14H15N3O2. The molecule has 5 heteroatoms. The Hall–Kier alpha value is -2.43. The Morgan fingerprint density at radius 2 is 2.11 bits per heavy atom. The van der Waals surface area contributed by atoms with E-state index in [-0.39, 0.29) is 23.1 Å². The van der Waals surface area contributed by atoms with Gasteiger partial charge in [0, 0.05) is 12.7 Å². The number of aromatic nitrogens is 2. The monoisotopic (exact) mass is 257 g/mol. The summed E-state index contributed by atoms with van der Waals surface area (Å²) in [4.78, 5) is 28.8. The van der Waals surface area contributed by atoms with Gasteiger partial charge in [0.25, 0.3) is 11.5 Å². The zero-order chi connectivity index (χ0) is 13.7. The van der Waals surface area contributed by atoms with E-state index < -0.39 is 0 Å². The Kier molecular flexibility index (Phi) is 4.07. The van der Waals surface area contributed by atoms with Crippen molar-refractivity contribution >= 4 is 5.91 Å². The van der Waals surface area contributed by atoms with Gasteiger partial charge >= 0.3 is 0 Å². The van der Waals surface area contributed by atoms with E-state index >= 15 is 0 Å². The number of carbonyl (C=O) groups is 1. The third kappa shape index (κ3) is 3.51. The highest BCUT2D eigenvalue weighted by Gasteiger charge is 2.10. The predicted octanol–water partition coefficient (Wildman–Crippen LogP) is 1.30. The van der Waals surface area contributed by atoms with Gasteiger partial charge in [-0.25, -0.2) is 4.98 Å². The molecule has 1 heterocycles. The number of aromatic amines is 1. The lowest BCUT2D eigenvalue weighted by Crippen LogP contribution is -2.29. The maximum absolute atomic E-state index is 11.8. The van der Waals surface area contributed by atoms with Gasteiger partial charge in [-0.1, -0.05) is 37.3 Å². The van der Waals surface area contributed by atoms with Crippen LogP contribution in [0.25, 0.3) is 0 Å². The zero-order valence-electron chi connectivity index (χ0n) is 10.6. The van der Waals surface area contributed by atoms with Gasteiger partial charge in [-0.3, -0.25) is 9.59 Å². The molecule has 2 N–H and O–H groups in total. The standard InChI is InChI=1S/C14H15N3O2/c1-10(11-5-3-2-4-6-11)7-17-14(19)12-8-16-13(18)9-15-12/h2-6,8-10H,7H2,1H3,(H,16,18)(H,17,19). The quantitative estimate of drug-likeness (QED) is 0.867. The first-order valence-corrected chi connectivity index (χ1v) is 6.04. The molecule has 1 amide bonds. The summed E-state index contributed by atoms with van der Waals surface area (Å²) in [6.45, 7) is 2.56. The molecule has 19 heavy (non-hydrogen) atoms. The second-order valence-corrected chi connectivity index (χ2v) is 4.32. The van der Waals surface area contributed by atoms with E-state index in [2.05, 4.69) is 15.3 Å². The van der Waals surface area contributed by atoms with Crippen LogP contribution in [0.3, 0.4) is 0 Å². The van der Waals surface area contributed by atoms with Crippen molar-refractivity contribution in [3.05, 3.63) is 64.3 Å². The van der Waals surface area contributed by atoms with Gasteiger partial charge in [-0.2, -0.15) is 0 Å². The number of amides is 1. The Labute approximate surface area is 110 Å². The van der Waals surface area contributed by atoms with E-state index in [1.807, 2.05) is 37.3 Å². The summed E-state index contributed by atoms with van der Waals surface area (Å²) in [5.74, 6) is -0.0769. The van der Waals surface area contributed by atoms with Crippen molar-refractivity contribution in [2.45, 2.75) is 12.8 Å². The molecule has 2 rings (SSSR count). The van der Waals surface area contributed by atoms with Gasteiger partial charge in [0.1, 0.15) is 5.69 Å². The molecule has 1 aromatic carbocycles. The van der Waals surface area contributed by atoms with Crippen LogP contribution in [0.5, 0.6) is 0 Å². The molecule has 0 aliphatic rings. The average molecular weight is 257 g/mol. The van der Waals surface area contributed by atoms with E-state index in [0.29, 0.717) is 6.54 Å². The smallest absolute Gasteiger partial charge is 0.271 e. The summed E-state index contributed by atoms with van der Waals surface area (Å²) >= 11 is 0. The second kappa shape index (κ2) is 5.95. The highest BCUT2D eigenvalue weighted by molar-refractivity contribution is 5.91. The van der Waals surface area contributed by atoms with Crippen molar-refractivity contribution in [1.29, 1.82) is 0 Å². The molecule has 0 bridgehead atoms. The topological polar surface area (TPSA) is 74.8 Å².